The van der Waals surface area contributed by atoms with Crippen molar-refractivity contribution in [1.82, 2.24) is 10.3 Å². The molecule has 0 aliphatic carbocycles. The van der Waals surface area contributed by atoms with Crippen LogP contribution in [0.25, 0.3) is 0 Å². The van der Waals surface area contributed by atoms with Crippen molar-refractivity contribution >= 4 is 11.9 Å². The van der Waals surface area contributed by atoms with Crippen LogP contribution in [-0.4, -0.2) is 30.0 Å². The predicted molar refractivity (Wildman–Crippen MR) is 67.2 cm³/mol. The van der Waals surface area contributed by atoms with E-state index in [2.05, 4.69) is 10.3 Å². The maximum absolute atomic E-state index is 11.7. The lowest BCUT2D eigenvalue weighted by molar-refractivity contribution is -0.143. The second kappa shape index (κ2) is 7.42. The molecule has 0 fully saturated rings. The van der Waals surface area contributed by atoms with E-state index in [0.29, 0.717) is 31.6 Å². The zero-order valence-corrected chi connectivity index (χ0v) is 10.7. The van der Waals surface area contributed by atoms with Gasteiger partial charge in [0, 0.05) is 25.4 Å². The summed E-state index contributed by atoms with van der Waals surface area (Å²) in [6.07, 6.45) is 4.11. The minimum Gasteiger partial charge on any atom is -0.466 e. The lowest BCUT2D eigenvalue weighted by Crippen LogP contribution is -2.25. The molecule has 0 saturated heterocycles. The number of aryl methyl sites for hydroxylation is 1. The van der Waals surface area contributed by atoms with Gasteiger partial charge in [0.15, 0.2) is 0 Å². The highest BCUT2D eigenvalue weighted by atomic mass is 16.5. The summed E-state index contributed by atoms with van der Waals surface area (Å²) in [4.78, 5) is 26.7. The van der Waals surface area contributed by atoms with Gasteiger partial charge in [0.2, 0.25) is 0 Å². The average Bonchev–Trinajstić information content (AvgIpc) is 2.35. The Hall–Kier alpha value is -1.91. The van der Waals surface area contributed by atoms with Gasteiger partial charge < -0.3 is 10.1 Å². The van der Waals surface area contributed by atoms with Crippen LogP contribution >= 0.6 is 0 Å². The Morgan fingerprint density at radius 2 is 2.17 bits per heavy atom. The van der Waals surface area contributed by atoms with Crippen LogP contribution in [0, 0.1) is 6.92 Å². The maximum Gasteiger partial charge on any atom is 0.305 e. The second-order valence-electron chi connectivity index (χ2n) is 3.92. The number of esters is 1. The normalized spacial score (nSPS) is 9.89. The molecule has 0 atom stereocenters. The number of ether oxygens (including phenoxy) is 1. The van der Waals surface area contributed by atoms with Gasteiger partial charge in [0.25, 0.3) is 5.91 Å². The van der Waals surface area contributed by atoms with E-state index < -0.39 is 0 Å². The first-order chi connectivity index (χ1) is 8.63. The van der Waals surface area contributed by atoms with Gasteiger partial charge in [-0.05, 0) is 31.9 Å². The molecule has 1 heterocycles. The van der Waals surface area contributed by atoms with Gasteiger partial charge in [-0.2, -0.15) is 0 Å². The molecule has 0 radical (unpaired) electrons. The van der Waals surface area contributed by atoms with E-state index in [1.54, 1.807) is 19.2 Å². The van der Waals surface area contributed by atoms with Crippen molar-refractivity contribution < 1.29 is 14.3 Å². The smallest absolute Gasteiger partial charge is 0.305 e. The van der Waals surface area contributed by atoms with Crippen molar-refractivity contribution in [3.8, 4) is 0 Å². The minimum absolute atomic E-state index is 0.171. The van der Waals surface area contributed by atoms with Crippen LogP contribution in [0.15, 0.2) is 18.5 Å². The Balaban J connectivity index is 2.27. The van der Waals surface area contributed by atoms with Crippen molar-refractivity contribution in [3.05, 3.63) is 29.6 Å². The monoisotopic (exact) mass is 250 g/mol. The third-order valence-electron chi connectivity index (χ3n) is 2.29. The lowest BCUT2D eigenvalue weighted by atomic mass is 10.2. The van der Waals surface area contributed by atoms with Crippen molar-refractivity contribution in [2.75, 3.05) is 13.2 Å². The average molecular weight is 250 g/mol. The fourth-order valence-corrected chi connectivity index (χ4v) is 1.45. The molecule has 1 aromatic heterocycles. The molecule has 0 spiro atoms. The highest BCUT2D eigenvalue weighted by Gasteiger charge is 2.06. The van der Waals surface area contributed by atoms with Gasteiger partial charge in [-0.25, -0.2) is 0 Å². The number of hydrogen-bond acceptors (Lipinski definition) is 4. The summed E-state index contributed by atoms with van der Waals surface area (Å²) in [5, 5.41) is 2.74. The van der Waals surface area contributed by atoms with E-state index in [0.717, 1.165) is 5.56 Å². The third-order valence-corrected chi connectivity index (χ3v) is 2.29. The van der Waals surface area contributed by atoms with E-state index in [4.69, 9.17) is 4.74 Å². The number of amides is 1. The van der Waals surface area contributed by atoms with Gasteiger partial charge in [0.1, 0.15) is 0 Å². The molecule has 0 saturated carbocycles. The zero-order chi connectivity index (χ0) is 13.4. The molecule has 1 N–H and O–H groups in total. The Morgan fingerprint density at radius 3 is 2.83 bits per heavy atom. The number of pyridine rings is 1. The van der Waals surface area contributed by atoms with E-state index in [1.807, 2.05) is 6.92 Å². The molecule has 18 heavy (non-hydrogen) atoms. The number of carbonyl (C=O) groups is 2. The van der Waals surface area contributed by atoms with Crippen molar-refractivity contribution in [2.24, 2.45) is 0 Å². The molecule has 0 aromatic carbocycles. The summed E-state index contributed by atoms with van der Waals surface area (Å²) < 4.78 is 4.79. The molecule has 0 aliphatic heterocycles. The molecule has 0 unspecified atom stereocenters. The van der Waals surface area contributed by atoms with Crippen molar-refractivity contribution in [2.45, 2.75) is 26.7 Å². The zero-order valence-electron chi connectivity index (χ0n) is 10.7. The fourth-order valence-electron chi connectivity index (χ4n) is 1.45. The van der Waals surface area contributed by atoms with Gasteiger partial charge in [0.05, 0.1) is 12.2 Å². The number of hydrogen-bond donors (Lipinski definition) is 1. The second-order valence-corrected chi connectivity index (χ2v) is 3.92. The van der Waals surface area contributed by atoms with Crippen LogP contribution < -0.4 is 5.32 Å². The molecule has 5 heteroatoms. The molecule has 98 valence electrons. The largest absolute Gasteiger partial charge is 0.466 e. The third kappa shape index (κ3) is 4.95. The Labute approximate surface area is 107 Å². The molecule has 0 bridgehead atoms. The Bertz CT molecular complexity index is 418. The van der Waals surface area contributed by atoms with Gasteiger partial charge in [-0.15, -0.1) is 0 Å². The summed E-state index contributed by atoms with van der Waals surface area (Å²) in [7, 11) is 0. The number of nitrogens with one attached hydrogen (secondary N) is 1. The van der Waals surface area contributed by atoms with Crippen molar-refractivity contribution in [1.29, 1.82) is 0 Å². The van der Waals surface area contributed by atoms with Crippen LogP contribution in [0.4, 0.5) is 0 Å². The Morgan fingerprint density at radius 1 is 1.39 bits per heavy atom. The summed E-state index contributed by atoms with van der Waals surface area (Å²) in [6.45, 7) is 4.49. The molecular weight excluding hydrogens is 232 g/mol. The predicted octanol–water partition coefficient (Wildman–Crippen LogP) is 1.46. The highest BCUT2D eigenvalue weighted by molar-refractivity contribution is 5.93. The number of carbonyl (C=O) groups excluding carboxylic acids is 2. The SMILES string of the molecule is CCOC(=O)CCCNC(=O)c1cncc(C)c1. The van der Waals surface area contributed by atoms with E-state index in [1.165, 1.54) is 6.20 Å². The summed E-state index contributed by atoms with van der Waals surface area (Å²) in [5.74, 6) is -0.404. The standard InChI is InChI=1S/C13H18N2O3/c1-3-18-12(16)5-4-6-15-13(17)11-7-10(2)8-14-9-11/h7-9H,3-6H2,1-2H3,(H,15,17). The Kier molecular flexibility index (Phi) is 5.84. The lowest BCUT2D eigenvalue weighted by Gasteiger charge is -2.05. The first kappa shape index (κ1) is 14.2. The molecule has 1 amide bonds. The molecule has 5 nitrogen and oxygen atoms in total. The highest BCUT2D eigenvalue weighted by Crippen LogP contribution is 2.01. The van der Waals surface area contributed by atoms with Gasteiger partial charge in [-0.3, -0.25) is 14.6 Å². The van der Waals surface area contributed by atoms with Crippen LogP contribution in [0.3, 0.4) is 0 Å². The van der Waals surface area contributed by atoms with E-state index in [9.17, 15) is 9.59 Å². The van der Waals surface area contributed by atoms with Gasteiger partial charge in [-0.1, -0.05) is 0 Å². The van der Waals surface area contributed by atoms with Crippen LogP contribution in [-0.2, 0) is 9.53 Å². The number of aromatic nitrogens is 1. The molecule has 0 aliphatic rings. The summed E-state index contributed by atoms with van der Waals surface area (Å²) in [5.41, 5.74) is 1.47. The molecule has 1 rings (SSSR count). The number of rotatable bonds is 6. The number of nitrogens with zero attached hydrogens (tertiary/aromatic N) is 1. The van der Waals surface area contributed by atoms with Gasteiger partial charge >= 0.3 is 5.97 Å². The maximum atomic E-state index is 11.7. The quantitative estimate of drug-likeness (QED) is 0.613. The van der Waals surface area contributed by atoms with Crippen LogP contribution in [0.1, 0.15) is 35.7 Å². The molecule has 1 aromatic rings. The van der Waals surface area contributed by atoms with Crippen LogP contribution in [0.2, 0.25) is 0 Å². The topological polar surface area (TPSA) is 68.3 Å². The molecular formula is C13H18N2O3. The first-order valence-electron chi connectivity index (χ1n) is 5.99. The summed E-state index contributed by atoms with van der Waals surface area (Å²) >= 11 is 0. The minimum atomic E-state index is -0.232. The van der Waals surface area contributed by atoms with E-state index >= 15 is 0 Å². The fraction of sp³-hybridized carbons (Fsp3) is 0.462. The van der Waals surface area contributed by atoms with Crippen LogP contribution in [0.5, 0.6) is 0 Å². The van der Waals surface area contributed by atoms with Crippen molar-refractivity contribution in [3.63, 3.8) is 0 Å². The summed E-state index contributed by atoms with van der Waals surface area (Å²) in [6, 6.07) is 1.77. The first-order valence-corrected chi connectivity index (χ1v) is 5.99. The van der Waals surface area contributed by atoms with E-state index in [-0.39, 0.29) is 11.9 Å².